The predicted octanol–water partition coefficient (Wildman–Crippen LogP) is 5.18. The Hall–Kier alpha value is -1.55. The monoisotopic (exact) mass is 418 g/mol. The summed E-state index contributed by atoms with van der Waals surface area (Å²) in [5, 5.41) is 9.68. The molecule has 3 atom stereocenters. The van der Waals surface area contributed by atoms with E-state index in [0.29, 0.717) is 16.5 Å². The van der Waals surface area contributed by atoms with E-state index >= 15 is 0 Å². The second-order valence-electron chi connectivity index (χ2n) is 9.27. The zero-order valence-electron chi connectivity index (χ0n) is 17.8. The summed E-state index contributed by atoms with van der Waals surface area (Å²) in [6.45, 7) is 15.6. The van der Waals surface area contributed by atoms with Gasteiger partial charge in [0.2, 0.25) is 9.04 Å². The van der Waals surface area contributed by atoms with Crippen molar-refractivity contribution in [3.05, 3.63) is 28.3 Å². The minimum atomic E-state index is -1.09. The summed E-state index contributed by atoms with van der Waals surface area (Å²) in [7, 11) is -1.09. The fourth-order valence-corrected chi connectivity index (χ4v) is 6.13. The molecule has 7 heteroatoms. The number of urea groups is 1. The van der Waals surface area contributed by atoms with Crippen LogP contribution < -0.4 is 4.90 Å². The largest absolute Gasteiger partial charge is 0.393 e. The molecular formula is C21H29ClN3O2Si. The summed E-state index contributed by atoms with van der Waals surface area (Å²) in [4.78, 5) is 17.3. The van der Waals surface area contributed by atoms with Crippen molar-refractivity contribution in [2.24, 2.45) is 11.3 Å². The number of anilines is 1. The Balaban J connectivity index is 2.18. The van der Waals surface area contributed by atoms with E-state index in [9.17, 15) is 10.1 Å². The molecule has 2 fully saturated rings. The quantitative estimate of drug-likeness (QED) is 0.635. The van der Waals surface area contributed by atoms with Gasteiger partial charge in [0.25, 0.3) is 0 Å². The van der Waals surface area contributed by atoms with Gasteiger partial charge in [0.1, 0.15) is 6.07 Å². The number of carbonyl (C=O) groups is 1. The Bertz CT molecular complexity index is 845. The van der Waals surface area contributed by atoms with Gasteiger partial charge in [0.05, 0.1) is 22.3 Å². The molecule has 2 saturated heterocycles. The normalized spacial score (nSPS) is 27.5. The van der Waals surface area contributed by atoms with Crippen molar-refractivity contribution < 1.29 is 9.22 Å². The average molecular weight is 419 g/mol. The number of benzene rings is 1. The number of carbonyl (C=O) groups excluding carboxylic acids is 1. The van der Waals surface area contributed by atoms with E-state index in [1.165, 1.54) is 0 Å². The lowest BCUT2D eigenvalue weighted by Gasteiger charge is -2.44. The van der Waals surface area contributed by atoms with E-state index in [-0.39, 0.29) is 17.5 Å². The van der Waals surface area contributed by atoms with E-state index in [0.717, 1.165) is 24.2 Å². The first-order valence-electron chi connectivity index (χ1n) is 9.72. The zero-order valence-corrected chi connectivity index (χ0v) is 19.5. The highest BCUT2D eigenvalue weighted by molar-refractivity contribution is 6.48. The molecule has 1 radical (unpaired) electrons. The lowest BCUT2D eigenvalue weighted by atomic mass is 9.73. The number of halogens is 1. The molecule has 3 rings (SSSR count). The number of rotatable bonds is 3. The first-order chi connectivity index (χ1) is 12.9. The van der Waals surface area contributed by atoms with E-state index in [2.05, 4.69) is 39.9 Å². The van der Waals surface area contributed by atoms with Crippen LogP contribution in [-0.4, -0.2) is 38.3 Å². The van der Waals surface area contributed by atoms with Crippen molar-refractivity contribution >= 4 is 32.4 Å². The Labute approximate surface area is 174 Å². The van der Waals surface area contributed by atoms with E-state index in [1.807, 2.05) is 24.8 Å². The average Bonchev–Trinajstić information content (AvgIpc) is 3.11. The van der Waals surface area contributed by atoms with Gasteiger partial charge in [-0.3, -0.25) is 4.90 Å². The maximum absolute atomic E-state index is 13.6. The molecular weight excluding hydrogens is 390 g/mol. The molecule has 0 spiro atoms. The molecule has 2 aliphatic rings. The van der Waals surface area contributed by atoms with Crippen molar-refractivity contribution in [2.45, 2.75) is 65.9 Å². The summed E-state index contributed by atoms with van der Waals surface area (Å²) in [5.41, 5.74) is 1.17. The smallest absolute Gasteiger partial charge is 0.327 e. The van der Waals surface area contributed by atoms with Crippen LogP contribution in [0.1, 0.15) is 45.2 Å². The van der Waals surface area contributed by atoms with Gasteiger partial charge in [0, 0.05) is 6.54 Å². The molecule has 0 aliphatic carbocycles. The zero-order chi connectivity index (χ0) is 21.0. The van der Waals surface area contributed by atoms with Crippen LogP contribution in [0.15, 0.2) is 12.1 Å². The summed E-state index contributed by atoms with van der Waals surface area (Å²) >= 11 is 6.44. The number of amides is 2. The summed E-state index contributed by atoms with van der Waals surface area (Å²) in [6, 6.07) is 5.57. The SMILES string of the molecule is Cc1c(N2C(=O)N3CC[C@@H](C(C)(C)C)[C@@H]3[C@@]2(C)O[Si](C)C)ccc(C#N)c1Cl. The van der Waals surface area contributed by atoms with E-state index in [4.69, 9.17) is 16.0 Å². The lowest BCUT2D eigenvalue weighted by molar-refractivity contribution is 0.0156. The number of nitrogens with zero attached hydrogens (tertiary/aromatic N) is 3. The minimum Gasteiger partial charge on any atom is -0.393 e. The Morgan fingerprint density at radius 2 is 2.00 bits per heavy atom. The second-order valence-corrected chi connectivity index (χ2v) is 11.7. The van der Waals surface area contributed by atoms with Gasteiger partial charge in [0.15, 0.2) is 5.72 Å². The fraction of sp³-hybridized carbons (Fsp3) is 0.619. The fourth-order valence-electron chi connectivity index (χ4n) is 4.89. The van der Waals surface area contributed by atoms with Crippen molar-refractivity contribution in [3.8, 4) is 6.07 Å². The summed E-state index contributed by atoms with van der Waals surface area (Å²) < 4.78 is 6.58. The topological polar surface area (TPSA) is 56.6 Å². The number of hydrogen-bond acceptors (Lipinski definition) is 3. The number of fused-ring (bicyclic) bond motifs is 1. The van der Waals surface area contributed by atoms with Crippen molar-refractivity contribution in [3.63, 3.8) is 0 Å². The van der Waals surface area contributed by atoms with Gasteiger partial charge >= 0.3 is 6.03 Å². The van der Waals surface area contributed by atoms with Gasteiger partial charge in [-0.05, 0) is 62.4 Å². The lowest BCUT2D eigenvalue weighted by Crippen LogP contribution is -2.56. The molecule has 0 bridgehead atoms. The van der Waals surface area contributed by atoms with Crippen LogP contribution in [0.2, 0.25) is 18.1 Å². The molecule has 0 saturated carbocycles. The van der Waals surface area contributed by atoms with Crippen LogP contribution in [0.3, 0.4) is 0 Å². The summed E-state index contributed by atoms with van der Waals surface area (Å²) in [6.07, 6.45) is 0.981. The summed E-state index contributed by atoms with van der Waals surface area (Å²) in [5.74, 6) is 0.335. The van der Waals surface area contributed by atoms with Gasteiger partial charge in [-0.25, -0.2) is 4.79 Å². The van der Waals surface area contributed by atoms with Gasteiger partial charge in [-0.1, -0.05) is 32.4 Å². The Kier molecular flexibility index (Phi) is 5.33. The molecule has 28 heavy (non-hydrogen) atoms. The highest BCUT2D eigenvalue weighted by Gasteiger charge is 2.63. The van der Waals surface area contributed by atoms with Crippen LogP contribution >= 0.6 is 11.6 Å². The molecule has 2 aliphatic heterocycles. The van der Waals surface area contributed by atoms with Crippen LogP contribution in [-0.2, 0) is 4.43 Å². The first-order valence-corrected chi connectivity index (χ1v) is 12.5. The van der Waals surface area contributed by atoms with Gasteiger partial charge < -0.3 is 9.33 Å². The Morgan fingerprint density at radius 1 is 1.36 bits per heavy atom. The van der Waals surface area contributed by atoms with Crippen molar-refractivity contribution in [1.82, 2.24) is 4.90 Å². The number of nitriles is 1. The standard InChI is InChI=1S/C21H29ClN3O2Si/c1-13-16(9-8-14(12-23)17(13)22)25-19(26)24-11-10-15(20(2,3)4)18(24)21(25,5)27-28(6)7/h8-9,15,18H,10-11H2,1-7H3/t15-,18-,21-/m1/s1. The molecule has 0 aromatic heterocycles. The maximum atomic E-state index is 13.6. The van der Waals surface area contributed by atoms with Gasteiger partial charge in [-0.15, -0.1) is 0 Å². The molecule has 0 N–H and O–H groups in total. The third-order valence-corrected chi connectivity index (χ3v) is 7.38. The molecule has 2 amide bonds. The minimum absolute atomic E-state index is 0.0197. The predicted molar refractivity (Wildman–Crippen MR) is 114 cm³/mol. The molecule has 0 unspecified atom stereocenters. The molecule has 2 heterocycles. The van der Waals surface area contributed by atoms with Crippen LogP contribution in [0.4, 0.5) is 10.5 Å². The third-order valence-electron chi connectivity index (χ3n) is 6.07. The second kappa shape index (κ2) is 7.05. The van der Waals surface area contributed by atoms with Crippen molar-refractivity contribution in [1.29, 1.82) is 5.26 Å². The van der Waals surface area contributed by atoms with Gasteiger partial charge in [-0.2, -0.15) is 5.26 Å². The van der Waals surface area contributed by atoms with Crippen LogP contribution in [0, 0.1) is 29.6 Å². The molecule has 151 valence electrons. The molecule has 5 nitrogen and oxygen atoms in total. The third kappa shape index (κ3) is 3.14. The molecule has 1 aromatic rings. The Morgan fingerprint density at radius 3 is 2.54 bits per heavy atom. The van der Waals surface area contributed by atoms with E-state index < -0.39 is 14.8 Å². The van der Waals surface area contributed by atoms with Crippen molar-refractivity contribution in [2.75, 3.05) is 11.4 Å². The first kappa shape index (κ1) is 21.2. The highest BCUT2D eigenvalue weighted by atomic mass is 35.5. The number of hydrogen-bond donors (Lipinski definition) is 0. The van der Waals surface area contributed by atoms with E-state index in [1.54, 1.807) is 11.0 Å². The van der Waals surface area contributed by atoms with Crippen LogP contribution in [0.5, 0.6) is 0 Å². The maximum Gasteiger partial charge on any atom is 0.327 e. The highest BCUT2D eigenvalue weighted by Crippen LogP contribution is 2.51. The molecule has 1 aromatic carbocycles. The van der Waals surface area contributed by atoms with Crippen LogP contribution in [0.25, 0.3) is 0 Å².